The van der Waals surface area contributed by atoms with Gasteiger partial charge in [-0.3, -0.25) is 4.68 Å². The lowest BCUT2D eigenvalue weighted by Crippen LogP contribution is -2.27. The first-order valence-electron chi connectivity index (χ1n) is 7.22. The minimum atomic E-state index is 0.512. The van der Waals surface area contributed by atoms with Gasteiger partial charge in [0, 0.05) is 23.8 Å². The predicted octanol–water partition coefficient (Wildman–Crippen LogP) is 3.71. The average molecular weight is 334 g/mol. The maximum Gasteiger partial charge on any atom is 0.0853 e. The summed E-state index contributed by atoms with van der Waals surface area (Å²) in [6, 6.07) is 7.16. The van der Waals surface area contributed by atoms with Crippen molar-refractivity contribution in [2.45, 2.75) is 38.6 Å². The van der Waals surface area contributed by atoms with Crippen LogP contribution >= 0.6 is 15.9 Å². The molecule has 2 aromatic rings. The molecule has 20 heavy (non-hydrogen) atoms. The third-order valence-corrected chi connectivity index (χ3v) is 4.49. The highest BCUT2D eigenvalue weighted by Crippen LogP contribution is 2.27. The molecular weight excluding hydrogens is 314 g/mol. The van der Waals surface area contributed by atoms with Crippen LogP contribution in [0.3, 0.4) is 0 Å². The van der Waals surface area contributed by atoms with Crippen LogP contribution in [0.15, 0.2) is 28.9 Å². The first-order chi connectivity index (χ1) is 9.65. The third-order valence-electron chi connectivity index (χ3n) is 4.00. The molecule has 4 heteroatoms. The van der Waals surface area contributed by atoms with E-state index in [1.54, 1.807) is 0 Å². The molecule has 0 aliphatic heterocycles. The van der Waals surface area contributed by atoms with Crippen molar-refractivity contribution in [1.29, 1.82) is 0 Å². The number of hydrogen-bond acceptors (Lipinski definition) is 2. The topological polar surface area (TPSA) is 29.9 Å². The quantitative estimate of drug-likeness (QED) is 0.927. The van der Waals surface area contributed by atoms with Gasteiger partial charge < -0.3 is 5.32 Å². The van der Waals surface area contributed by atoms with Crippen LogP contribution in [0.1, 0.15) is 30.2 Å². The lowest BCUT2D eigenvalue weighted by atomic mass is 9.88. The first kappa shape index (κ1) is 13.7. The number of aryl methyl sites for hydroxylation is 3. The van der Waals surface area contributed by atoms with Gasteiger partial charge in [-0.1, -0.05) is 28.9 Å². The zero-order valence-electron chi connectivity index (χ0n) is 12.0. The molecule has 0 spiro atoms. The van der Waals surface area contributed by atoms with Crippen LogP contribution < -0.4 is 5.32 Å². The zero-order valence-corrected chi connectivity index (χ0v) is 13.6. The van der Waals surface area contributed by atoms with Gasteiger partial charge in [-0.15, -0.1) is 0 Å². The summed E-state index contributed by atoms with van der Waals surface area (Å²) < 4.78 is 3.08. The molecule has 1 aliphatic rings. The van der Waals surface area contributed by atoms with Crippen LogP contribution in [0.4, 0.5) is 5.69 Å². The van der Waals surface area contributed by atoms with E-state index in [4.69, 9.17) is 0 Å². The van der Waals surface area contributed by atoms with Gasteiger partial charge in [-0.25, -0.2) is 0 Å². The molecule has 0 fully saturated rings. The SMILES string of the molecule is CCc1nn(C)cc1NC1CCc2cc(Br)ccc2C1. The van der Waals surface area contributed by atoms with E-state index in [1.807, 2.05) is 11.7 Å². The normalized spacial score (nSPS) is 17.9. The Morgan fingerprint density at radius 3 is 3.05 bits per heavy atom. The van der Waals surface area contributed by atoms with Crippen LogP contribution in [-0.4, -0.2) is 15.8 Å². The minimum Gasteiger partial charge on any atom is -0.379 e. The van der Waals surface area contributed by atoms with Crippen molar-refractivity contribution >= 4 is 21.6 Å². The number of nitrogens with one attached hydrogen (secondary N) is 1. The Labute approximate surface area is 128 Å². The lowest BCUT2D eigenvalue weighted by molar-refractivity contribution is 0.610. The maximum atomic E-state index is 4.50. The molecule has 0 saturated heterocycles. The molecule has 3 nitrogen and oxygen atoms in total. The molecule has 0 radical (unpaired) electrons. The van der Waals surface area contributed by atoms with Crippen molar-refractivity contribution in [2.24, 2.45) is 7.05 Å². The monoisotopic (exact) mass is 333 g/mol. The van der Waals surface area contributed by atoms with Crippen molar-refractivity contribution in [3.63, 3.8) is 0 Å². The molecule has 1 unspecified atom stereocenters. The van der Waals surface area contributed by atoms with E-state index < -0.39 is 0 Å². The molecule has 1 aliphatic carbocycles. The van der Waals surface area contributed by atoms with E-state index >= 15 is 0 Å². The second-order valence-electron chi connectivity index (χ2n) is 5.51. The molecule has 1 aromatic heterocycles. The fraction of sp³-hybridized carbons (Fsp3) is 0.438. The van der Waals surface area contributed by atoms with Gasteiger partial charge in [0.1, 0.15) is 0 Å². The van der Waals surface area contributed by atoms with Crippen LogP contribution in [0.25, 0.3) is 0 Å². The Bertz CT molecular complexity index is 618. The van der Waals surface area contributed by atoms with Gasteiger partial charge in [-0.2, -0.15) is 5.10 Å². The summed E-state index contributed by atoms with van der Waals surface area (Å²) in [5.74, 6) is 0. The molecule has 1 N–H and O–H groups in total. The number of nitrogens with zero attached hydrogens (tertiary/aromatic N) is 2. The van der Waals surface area contributed by atoms with E-state index in [9.17, 15) is 0 Å². The number of hydrogen-bond donors (Lipinski definition) is 1. The highest BCUT2D eigenvalue weighted by Gasteiger charge is 2.20. The highest BCUT2D eigenvalue weighted by molar-refractivity contribution is 9.10. The van der Waals surface area contributed by atoms with Gasteiger partial charge in [0.15, 0.2) is 0 Å². The molecule has 1 heterocycles. The van der Waals surface area contributed by atoms with Crippen LogP contribution in [0, 0.1) is 0 Å². The second-order valence-corrected chi connectivity index (χ2v) is 6.43. The average Bonchev–Trinajstić information content (AvgIpc) is 2.79. The summed E-state index contributed by atoms with van der Waals surface area (Å²) in [5, 5.41) is 8.18. The van der Waals surface area contributed by atoms with Gasteiger partial charge >= 0.3 is 0 Å². The minimum absolute atomic E-state index is 0.512. The van der Waals surface area contributed by atoms with Crippen LogP contribution in [-0.2, 0) is 26.3 Å². The maximum absolute atomic E-state index is 4.50. The van der Waals surface area contributed by atoms with Crippen molar-refractivity contribution < 1.29 is 0 Å². The number of fused-ring (bicyclic) bond motifs is 1. The van der Waals surface area contributed by atoms with E-state index in [0.717, 1.165) is 25.0 Å². The van der Waals surface area contributed by atoms with Crippen molar-refractivity contribution in [2.75, 3.05) is 5.32 Å². The van der Waals surface area contributed by atoms with Crippen molar-refractivity contribution in [3.8, 4) is 0 Å². The summed E-state index contributed by atoms with van der Waals surface area (Å²) in [6.45, 7) is 2.15. The number of anilines is 1. The molecular formula is C16H20BrN3. The van der Waals surface area contributed by atoms with Crippen molar-refractivity contribution in [3.05, 3.63) is 45.7 Å². The molecule has 0 saturated carbocycles. The van der Waals surface area contributed by atoms with E-state index in [-0.39, 0.29) is 0 Å². The summed E-state index contributed by atoms with van der Waals surface area (Å²) in [7, 11) is 1.98. The molecule has 0 amide bonds. The Hall–Kier alpha value is -1.29. The molecule has 1 atom stereocenters. The van der Waals surface area contributed by atoms with E-state index in [2.05, 4.69) is 57.7 Å². The lowest BCUT2D eigenvalue weighted by Gasteiger charge is -2.26. The molecule has 1 aromatic carbocycles. The highest BCUT2D eigenvalue weighted by atomic mass is 79.9. The summed E-state index contributed by atoms with van der Waals surface area (Å²) in [6.07, 6.45) is 6.49. The Kier molecular flexibility index (Phi) is 3.83. The molecule has 3 rings (SSSR count). The van der Waals surface area contributed by atoms with E-state index in [1.165, 1.54) is 27.7 Å². The smallest absolute Gasteiger partial charge is 0.0853 e. The molecule has 0 bridgehead atoms. The number of rotatable bonds is 3. The van der Waals surface area contributed by atoms with E-state index in [0.29, 0.717) is 6.04 Å². The van der Waals surface area contributed by atoms with Gasteiger partial charge in [0.2, 0.25) is 0 Å². The predicted molar refractivity (Wildman–Crippen MR) is 86.2 cm³/mol. The third kappa shape index (κ3) is 2.75. The summed E-state index contributed by atoms with van der Waals surface area (Å²) in [4.78, 5) is 0. The second kappa shape index (κ2) is 5.60. The van der Waals surface area contributed by atoms with Gasteiger partial charge in [-0.05, 0) is 48.9 Å². The summed E-state index contributed by atoms with van der Waals surface area (Å²) in [5.41, 5.74) is 5.31. The van der Waals surface area contributed by atoms with Crippen molar-refractivity contribution in [1.82, 2.24) is 9.78 Å². The Balaban J connectivity index is 1.75. The fourth-order valence-electron chi connectivity index (χ4n) is 2.98. The Morgan fingerprint density at radius 2 is 2.25 bits per heavy atom. The summed E-state index contributed by atoms with van der Waals surface area (Å²) >= 11 is 3.55. The van der Waals surface area contributed by atoms with Gasteiger partial charge in [0.25, 0.3) is 0 Å². The largest absolute Gasteiger partial charge is 0.379 e. The number of halogens is 1. The fourth-order valence-corrected chi connectivity index (χ4v) is 3.39. The standard InChI is InChI=1S/C16H20BrN3/c1-3-15-16(10-20(2)19-15)18-14-7-5-11-8-13(17)6-4-12(11)9-14/h4,6,8,10,14,18H,3,5,7,9H2,1-2H3. The Morgan fingerprint density at radius 1 is 1.40 bits per heavy atom. The van der Waals surface area contributed by atoms with Crippen LogP contribution in [0.2, 0.25) is 0 Å². The van der Waals surface area contributed by atoms with Gasteiger partial charge in [0.05, 0.1) is 11.4 Å². The number of aromatic nitrogens is 2. The number of benzene rings is 1. The zero-order chi connectivity index (χ0) is 14.1. The molecule has 106 valence electrons. The van der Waals surface area contributed by atoms with Crippen LogP contribution in [0.5, 0.6) is 0 Å². The first-order valence-corrected chi connectivity index (χ1v) is 8.01.